The molecule has 2 heterocycles. The third kappa shape index (κ3) is 4.31. The second-order valence-electron chi connectivity index (χ2n) is 5.17. The van der Waals surface area contributed by atoms with E-state index >= 15 is 0 Å². The van der Waals surface area contributed by atoms with Crippen molar-refractivity contribution in [2.75, 3.05) is 5.43 Å². The number of nitrogens with zero attached hydrogens (tertiary/aromatic N) is 5. The van der Waals surface area contributed by atoms with E-state index in [1.807, 2.05) is 48.7 Å². The Morgan fingerprint density at radius 2 is 2.08 bits per heavy atom. The highest BCUT2D eigenvalue weighted by Crippen LogP contribution is 2.28. The number of hydrogen-bond acceptors (Lipinski definition) is 5. The second-order valence-corrected chi connectivity index (χ2v) is 6.02. The Bertz CT molecular complexity index is 911. The molecule has 0 atom stereocenters. The predicted octanol–water partition coefficient (Wildman–Crippen LogP) is 4.07. The number of hydrazone groups is 1. The van der Waals surface area contributed by atoms with Gasteiger partial charge in [-0.25, -0.2) is 4.98 Å². The van der Waals surface area contributed by atoms with E-state index in [0.717, 1.165) is 21.3 Å². The number of aromatic nitrogens is 3. The lowest BCUT2D eigenvalue weighted by Gasteiger charge is -2.02. The molecule has 1 aromatic carbocycles. The molecule has 0 unspecified atom stereocenters. The van der Waals surface area contributed by atoms with Gasteiger partial charge in [-0.15, -0.1) is 0 Å². The Morgan fingerprint density at radius 3 is 2.84 bits per heavy atom. The van der Waals surface area contributed by atoms with Crippen molar-refractivity contribution in [1.29, 1.82) is 5.26 Å². The molecule has 0 amide bonds. The molecule has 0 saturated carbocycles. The summed E-state index contributed by atoms with van der Waals surface area (Å²) in [5.41, 5.74) is 5.52. The normalized spacial score (nSPS) is 10.7. The topological polar surface area (TPSA) is 78.9 Å². The molecule has 0 aliphatic rings. The van der Waals surface area contributed by atoms with Crippen LogP contribution < -0.4 is 5.43 Å². The minimum absolute atomic E-state index is 0.403. The predicted molar refractivity (Wildman–Crippen MR) is 101 cm³/mol. The molecule has 3 aromatic rings. The van der Waals surface area contributed by atoms with E-state index in [4.69, 9.17) is 5.26 Å². The average Bonchev–Trinajstić information content (AvgIpc) is 3.04. The zero-order valence-corrected chi connectivity index (χ0v) is 14.9. The lowest BCUT2D eigenvalue weighted by Crippen LogP contribution is -1.97. The van der Waals surface area contributed by atoms with E-state index in [2.05, 4.69) is 42.6 Å². The van der Waals surface area contributed by atoms with E-state index in [1.165, 1.54) is 0 Å². The van der Waals surface area contributed by atoms with Crippen LogP contribution in [0, 0.1) is 11.3 Å². The van der Waals surface area contributed by atoms with Crippen molar-refractivity contribution >= 4 is 28.0 Å². The molecule has 0 bridgehead atoms. The number of hydrogen-bond donors (Lipinski definition) is 1. The zero-order valence-electron chi connectivity index (χ0n) is 13.3. The van der Waals surface area contributed by atoms with Crippen LogP contribution in [0.5, 0.6) is 0 Å². The van der Waals surface area contributed by atoms with Gasteiger partial charge in [0.2, 0.25) is 0 Å². The summed E-state index contributed by atoms with van der Waals surface area (Å²) in [7, 11) is 0. The zero-order chi connectivity index (χ0) is 17.5. The first-order valence-electron chi connectivity index (χ1n) is 7.67. The van der Waals surface area contributed by atoms with Gasteiger partial charge in [-0.2, -0.15) is 15.5 Å². The van der Waals surface area contributed by atoms with Gasteiger partial charge in [-0.05, 0) is 18.2 Å². The highest BCUT2D eigenvalue weighted by Gasteiger charge is 2.12. The molecule has 0 saturated heterocycles. The van der Waals surface area contributed by atoms with Crippen molar-refractivity contribution in [3.05, 3.63) is 64.9 Å². The molecule has 25 heavy (non-hydrogen) atoms. The first-order valence-corrected chi connectivity index (χ1v) is 8.46. The Labute approximate surface area is 154 Å². The van der Waals surface area contributed by atoms with Crippen LogP contribution in [-0.4, -0.2) is 21.0 Å². The summed E-state index contributed by atoms with van der Waals surface area (Å²) < 4.78 is 2.72. The maximum Gasteiger partial charge on any atom is 0.146 e. The minimum atomic E-state index is 0.403. The van der Waals surface area contributed by atoms with Gasteiger partial charge in [0, 0.05) is 28.0 Å². The van der Waals surface area contributed by atoms with E-state index in [1.54, 1.807) is 17.1 Å². The van der Waals surface area contributed by atoms with E-state index in [0.29, 0.717) is 18.8 Å². The van der Waals surface area contributed by atoms with Crippen molar-refractivity contribution in [1.82, 2.24) is 14.8 Å². The van der Waals surface area contributed by atoms with Crippen LogP contribution in [0.4, 0.5) is 5.82 Å². The second kappa shape index (κ2) is 8.22. The molecular formula is C18H15BrN6. The van der Waals surface area contributed by atoms with Gasteiger partial charge >= 0.3 is 0 Å². The van der Waals surface area contributed by atoms with Gasteiger partial charge in [-0.3, -0.25) is 10.1 Å². The van der Waals surface area contributed by atoms with Crippen LogP contribution in [-0.2, 0) is 6.54 Å². The first-order chi connectivity index (χ1) is 12.3. The molecule has 0 aliphatic carbocycles. The van der Waals surface area contributed by atoms with Gasteiger partial charge in [0.15, 0.2) is 0 Å². The fraction of sp³-hybridized carbons (Fsp3) is 0.111. The number of benzene rings is 1. The number of nitriles is 1. The molecule has 3 rings (SSSR count). The molecule has 6 nitrogen and oxygen atoms in total. The van der Waals surface area contributed by atoms with Crippen LogP contribution in [0.15, 0.2) is 64.4 Å². The summed E-state index contributed by atoms with van der Waals surface area (Å²) in [6.45, 7) is 0.537. The van der Waals surface area contributed by atoms with Crippen molar-refractivity contribution in [3.63, 3.8) is 0 Å². The number of anilines is 1. The number of aryl methyl sites for hydroxylation is 1. The van der Waals surface area contributed by atoms with Crippen molar-refractivity contribution in [2.24, 2.45) is 5.10 Å². The third-order valence-corrected chi connectivity index (χ3v) is 4.11. The maximum atomic E-state index is 8.79. The molecule has 124 valence electrons. The summed E-state index contributed by atoms with van der Waals surface area (Å²) in [6.07, 6.45) is 5.69. The highest BCUT2D eigenvalue weighted by molar-refractivity contribution is 9.10. The molecule has 0 spiro atoms. The molecule has 0 radical (unpaired) electrons. The minimum Gasteiger partial charge on any atom is -0.270 e. The maximum absolute atomic E-state index is 8.79. The van der Waals surface area contributed by atoms with Gasteiger partial charge in [0.25, 0.3) is 0 Å². The van der Waals surface area contributed by atoms with Gasteiger partial charge in [0.05, 0.1) is 25.2 Å². The van der Waals surface area contributed by atoms with Crippen LogP contribution >= 0.6 is 15.9 Å². The molecule has 1 N–H and O–H groups in total. The van der Waals surface area contributed by atoms with E-state index in [-0.39, 0.29) is 0 Å². The van der Waals surface area contributed by atoms with Crippen LogP contribution in [0.2, 0.25) is 0 Å². The molecule has 0 fully saturated rings. The van der Waals surface area contributed by atoms with Crippen LogP contribution in [0.1, 0.15) is 12.0 Å². The first kappa shape index (κ1) is 16.9. The average molecular weight is 395 g/mol. The van der Waals surface area contributed by atoms with E-state index < -0.39 is 0 Å². The third-order valence-electron chi connectivity index (χ3n) is 3.42. The summed E-state index contributed by atoms with van der Waals surface area (Å²) in [4.78, 5) is 4.16. The van der Waals surface area contributed by atoms with Crippen molar-refractivity contribution in [3.8, 4) is 17.3 Å². The van der Waals surface area contributed by atoms with E-state index in [9.17, 15) is 0 Å². The number of halogens is 1. The smallest absolute Gasteiger partial charge is 0.146 e. The fourth-order valence-electron chi connectivity index (χ4n) is 2.27. The largest absolute Gasteiger partial charge is 0.270 e. The number of pyridine rings is 1. The Kier molecular flexibility index (Phi) is 5.54. The fourth-order valence-corrected chi connectivity index (χ4v) is 2.74. The Hall–Kier alpha value is -2.98. The lowest BCUT2D eigenvalue weighted by atomic mass is 10.1. The Morgan fingerprint density at radius 1 is 1.24 bits per heavy atom. The van der Waals surface area contributed by atoms with Gasteiger partial charge in [-0.1, -0.05) is 40.2 Å². The molecular weight excluding hydrogens is 380 g/mol. The molecule has 7 heteroatoms. The molecule has 2 aromatic heterocycles. The Balaban J connectivity index is 1.90. The SMILES string of the molecule is N#CCCn1cc(/C=N\Nc2ccccn2)c(-c2ccccc2Br)n1. The van der Waals surface area contributed by atoms with Crippen LogP contribution in [0.25, 0.3) is 11.3 Å². The monoisotopic (exact) mass is 394 g/mol. The van der Waals surface area contributed by atoms with Crippen molar-refractivity contribution in [2.45, 2.75) is 13.0 Å². The summed E-state index contributed by atoms with van der Waals surface area (Å²) >= 11 is 3.56. The standard InChI is InChI=1S/C18H15BrN6/c19-16-7-2-1-6-15(16)18-14(13-25(24-18)11-5-9-20)12-22-23-17-8-3-4-10-21-17/h1-4,6-8,10,12-13H,5,11H2,(H,21,23)/b22-12-. The lowest BCUT2D eigenvalue weighted by molar-refractivity contribution is 0.629. The van der Waals surface area contributed by atoms with Gasteiger partial charge in [0.1, 0.15) is 11.5 Å². The molecule has 0 aliphatic heterocycles. The summed E-state index contributed by atoms with van der Waals surface area (Å²) in [5, 5.41) is 17.6. The number of rotatable bonds is 6. The summed E-state index contributed by atoms with van der Waals surface area (Å²) in [6, 6.07) is 15.6. The van der Waals surface area contributed by atoms with Gasteiger partial charge < -0.3 is 0 Å². The van der Waals surface area contributed by atoms with Crippen molar-refractivity contribution < 1.29 is 0 Å². The number of nitrogens with one attached hydrogen (secondary N) is 1. The summed E-state index contributed by atoms with van der Waals surface area (Å²) in [5.74, 6) is 0.665. The quantitative estimate of drug-likeness (QED) is 0.504. The highest BCUT2D eigenvalue weighted by atomic mass is 79.9. The van der Waals surface area contributed by atoms with Crippen LogP contribution in [0.3, 0.4) is 0 Å².